The Labute approximate surface area is 111 Å². The van der Waals surface area contributed by atoms with Gasteiger partial charge in [-0.2, -0.15) is 0 Å². The summed E-state index contributed by atoms with van der Waals surface area (Å²) in [6, 6.07) is 4.80. The summed E-state index contributed by atoms with van der Waals surface area (Å²) < 4.78 is 1.18. The van der Waals surface area contributed by atoms with Crippen molar-refractivity contribution in [2.45, 2.75) is 39.3 Å². The highest BCUT2D eigenvalue weighted by atomic mass is 79.9. The van der Waals surface area contributed by atoms with Gasteiger partial charge in [0.15, 0.2) is 0 Å². The van der Waals surface area contributed by atoms with E-state index in [1.54, 1.807) is 11.3 Å². The fraction of sp³-hybridized carbons (Fsp3) is 0.667. The van der Waals surface area contributed by atoms with Crippen molar-refractivity contribution in [1.29, 1.82) is 0 Å². The largest absolute Gasteiger partial charge is 0.326 e. The normalized spacial score (nSPS) is 15.4. The topological polar surface area (TPSA) is 29.3 Å². The van der Waals surface area contributed by atoms with Crippen molar-refractivity contribution >= 4 is 27.3 Å². The average molecular weight is 305 g/mol. The molecule has 0 radical (unpaired) electrons. The van der Waals surface area contributed by atoms with Crippen LogP contribution >= 0.6 is 27.3 Å². The number of nitrogens with zero attached hydrogens (tertiary/aromatic N) is 1. The second-order valence-electron chi connectivity index (χ2n) is 4.07. The molecule has 92 valence electrons. The molecule has 0 bridgehead atoms. The average Bonchev–Trinajstić information content (AvgIpc) is 2.63. The van der Waals surface area contributed by atoms with Gasteiger partial charge in [0.25, 0.3) is 0 Å². The molecule has 0 saturated heterocycles. The molecule has 16 heavy (non-hydrogen) atoms. The van der Waals surface area contributed by atoms with Gasteiger partial charge in [-0.15, -0.1) is 11.3 Å². The predicted molar refractivity (Wildman–Crippen MR) is 75.9 cm³/mol. The Kier molecular flexibility index (Phi) is 5.97. The molecule has 0 fully saturated rings. The molecule has 1 aromatic heterocycles. The van der Waals surface area contributed by atoms with Crippen molar-refractivity contribution in [3.63, 3.8) is 0 Å². The summed E-state index contributed by atoms with van der Waals surface area (Å²) in [4.78, 5) is 3.82. The standard InChI is InChI=1S/C12H21BrN2S/c1-4-8-15(5-2)12(9(3)14)10-6-7-11(13)16-10/h6-7,9,12H,4-5,8,14H2,1-3H3. The van der Waals surface area contributed by atoms with Crippen LogP contribution in [0.4, 0.5) is 0 Å². The highest BCUT2D eigenvalue weighted by molar-refractivity contribution is 9.11. The van der Waals surface area contributed by atoms with E-state index in [1.165, 1.54) is 15.1 Å². The maximum Gasteiger partial charge on any atom is 0.0702 e. The van der Waals surface area contributed by atoms with Crippen LogP contribution in [0.5, 0.6) is 0 Å². The summed E-state index contributed by atoms with van der Waals surface area (Å²) in [7, 11) is 0. The van der Waals surface area contributed by atoms with Crippen molar-refractivity contribution in [1.82, 2.24) is 4.90 Å². The van der Waals surface area contributed by atoms with Gasteiger partial charge in [-0.1, -0.05) is 13.8 Å². The summed E-state index contributed by atoms with van der Waals surface area (Å²) >= 11 is 5.31. The lowest BCUT2D eigenvalue weighted by atomic mass is 10.1. The number of rotatable bonds is 6. The molecule has 0 aliphatic rings. The third-order valence-electron chi connectivity index (χ3n) is 2.69. The zero-order valence-electron chi connectivity index (χ0n) is 10.2. The van der Waals surface area contributed by atoms with Crippen LogP contribution in [0.15, 0.2) is 15.9 Å². The van der Waals surface area contributed by atoms with Crippen molar-refractivity contribution in [2.24, 2.45) is 5.73 Å². The lowest BCUT2D eigenvalue weighted by molar-refractivity contribution is 0.189. The van der Waals surface area contributed by atoms with Gasteiger partial charge >= 0.3 is 0 Å². The molecule has 1 aromatic rings. The molecule has 0 aliphatic heterocycles. The van der Waals surface area contributed by atoms with Crippen LogP contribution < -0.4 is 5.73 Å². The third kappa shape index (κ3) is 3.55. The maximum atomic E-state index is 6.13. The predicted octanol–water partition coefficient (Wildman–Crippen LogP) is 3.63. The Bertz CT molecular complexity index is 312. The first kappa shape index (κ1) is 14.2. The zero-order chi connectivity index (χ0) is 12.1. The lowest BCUT2D eigenvalue weighted by Gasteiger charge is -2.32. The fourth-order valence-electron chi connectivity index (χ4n) is 2.04. The minimum absolute atomic E-state index is 0.164. The molecule has 0 amide bonds. The molecule has 2 nitrogen and oxygen atoms in total. The summed E-state index contributed by atoms with van der Waals surface area (Å²) in [5.74, 6) is 0. The van der Waals surface area contributed by atoms with E-state index < -0.39 is 0 Å². The van der Waals surface area contributed by atoms with Gasteiger partial charge in [0.05, 0.1) is 9.83 Å². The van der Waals surface area contributed by atoms with Crippen LogP contribution in [0.3, 0.4) is 0 Å². The molecule has 0 aromatic carbocycles. The first-order chi connectivity index (χ1) is 7.60. The molecule has 1 heterocycles. The number of thiophene rings is 1. The van der Waals surface area contributed by atoms with Crippen molar-refractivity contribution in [3.05, 3.63) is 20.8 Å². The van der Waals surface area contributed by atoms with E-state index in [0.717, 1.165) is 13.1 Å². The van der Waals surface area contributed by atoms with Crippen LogP contribution in [0, 0.1) is 0 Å². The monoisotopic (exact) mass is 304 g/mol. The second-order valence-corrected chi connectivity index (χ2v) is 6.57. The molecule has 0 aliphatic carbocycles. The second kappa shape index (κ2) is 6.74. The molecule has 1 rings (SSSR count). The maximum absolute atomic E-state index is 6.13. The number of nitrogens with two attached hydrogens (primary N) is 1. The van der Waals surface area contributed by atoms with Crippen molar-refractivity contribution in [2.75, 3.05) is 13.1 Å². The van der Waals surface area contributed by atoms with E-state index in [9.17, 15) is 0 Å². The van der Waals surface area contributed by atoms with Gasteiger partial charge in [0.1, 0.15) is 0 Å². The first-order valence-electron chi connectivity index (χ1n) is 5.85. The molecule has 0 spiro atoms. The number of hydrogen-bond acceptors (Lipinski definition) is 3. The SMILES string of the molecule is CCCN(CC)C(c1ccc(Br)s1)C(C)N. The molecule has 0 saturated carbocycles. The third-order valence-corrected chi connectivity index (χ3v) is 4.39. The van der Waals surface area contributed by atoms with E-state index >= 15 is 0 Å². The summed E-state index contributed by atoms with van der Waals surface area (Å²) in [6.07, 6.45) is 1.17. The Hall–Kier alpha value is 0.1000. The van der Waals surface area contributed by atoms with Crippen LogP contribution in [0.25, 0.3) is 0 Å². The molecule has 4 heteroatoms. The first-order valence-corrected chi connectivity index (χ1v) is 7.45. The van der Waals surface area contributed by atoms with Crippen LogP contribution in [0.1, 0.15) is 38.1 Å². The Morgan fingerprint density at radius 2 is 2.12 bits per heavy atom. The molecule has 2 atom stereocenters. The van der Waals surface area contributed by atoms with Gasteiger partial charge in [-0.25, -0.2) is 0 Å². The molecular weight excluding hydrogens is 284 g/mol. The summed E-state index contributed by atoms with van der Waals surface area (Å²) in [6.45, 7) is 8.67. The van der Waals surface area contributed by atoms with E-state index in [1.807, 2.05) is 0 Å². The Balaban J connectivity index is 2.89. The zero-order valence-corrected chi connectivity index (χ0v) is 12.6. The minimum Gasteiger partial charge on any atom is -0.326 e. The quantitative estimate of drug-likeness (QED) is 0.869. The number of hydrogen-bond donors (Lipinski definition) is 1. The smallest absolute Gasteiger partial charge is 0.0702 e. The van der Waals surface area contributed by atoms with Crippen LogP contribution in [0.2, 0.25) is 0 Å². The van der Waals surface area contributed by atoms with Crippen LogP contribution in [-0.4, -0.2) is 24.0 Å². The van der Waals surface area contributed by atoms with Gasteiger partial charge in [-0.3, -0.25) is 4.90 Å². The van der Waals surface area contributed by atoms with Crippen molar-refractivity contribution in [3.8, 4) is 0 Å². The highest BCUT2D eigenvalue weighted by Crippen LogP contribution is 2.32. The van der Waals surface area contributed by atoms with E-state index in [4.69, 9.17) is 5.73 Å². The van der Waals surface area contributed by atoms with E-state index in [2.05, 4.69) is 53.7 Å². The molecular formula is C12H21BrN2S. The van der Waals surface area contributed by atoms with Crippen molar-refractivity contribution < 1.29 is 0 Å². The number of likely N-dealkylation sites (N-methyl/N-ethyl adjacent to an activating group) is 1. The summed E-state index contributed by atoms with van der Waals surface area (Å²) in [5.41, 5.74) is 6.13. The van der Waals surface area contributed by atoms with Gasteiger partial charge in [0, 0.05) is 10.9 Å². The molecule has 2 unspecified atom stereocenters. The van der Waals surface area contributed by atoms with Crippen LogP contribution in [-0.2, 0) is 0 Å². The summed E-state index contributed by atoms with van der Waals surface area (Å²) in [5, 5.41) is 0. The van der Waals surface area contributed by atoms with Gasteiger partial charge < -0.3 is 5.73 Å². The fourth-order valence-corrected chi connectivity index (χ4v) is 3.71. The van der Waals surface area contributed by atoms with Gasteiger partial charge in [0.2, 0.25) is 0 Å². The Morgan fingerprint density at radius 3 is 2.50 bits per heavy atom. The number of halogens is 1. The minimum atomic E-state index is 0.164. The highest BCUT2D eigenvalue weighted by Gasteiger charge is 2.23. The lowest BCUT2D eigenvalue weighted by Crippen LogP contribution is -2.39. The van der Waals surface area contributed by atoms with E-state index in [0.29, 0.717) is 6.04 Å². The van der Waals surface area contributed by atoms with E-state index in [-0.39, 0.29) is 6.04 Å². The van der Waals surface area contributed by atoms with Gasteiger partial charge in [-0.05, 0) is 54.5 Å². The Morgan fingerprint density at radius 1 is 1.44 bits per heavy atom. The molecule has 2 N–H and O–H groups in total.